The summed E-state index contributed by atoms with van der Waals surface area (Å²) in [6.07, 6.45) is 7.32. The van der Waals surface area contributed by atoms with Gasteiger partial charge in [0.25, 0.3) is 6.73 Å². The van der Waals surface area contributed by atoms with Crippen LogP contribution >= 0.6 is 0 Å². The number of rotatable bonds is 3. The quantitative estimate of drug-likeness (QED) is 0.636. The molecule has 0 bridgehead atoms. The van der Waals surface area contributed by atoms with Crippen molar-refractivity contribution in [3.05, 3.63) is 49.1 Å². The molecule has 0 fully saturated rings. The summed E-state index contributed by atoms with van der Waals surface area (Å²) in [6, 6.07) is 7.89. The molecule has 0 unspecified atom stereocenters. The minimum Gasteiger partial charge on any atom is -0.404 e. The molecule has 2 heterocycles. The Kier molecular flexibility index (Phi) is 4.13. The maximum atomic E-state index is 11.7. The van der Waals surface area contributed by atoms with Crippen molar-refractivity contribution < 1.29 is 14.1 Å². The van der Waals surface area contributed by atoms with Gasteiger partial charge in [-0.05, 0) is 44.0 Å². The van der Waals surface area contributed by atoms with Gasteiger partial charge in [-0.3, -0.25) is 9.78 Å². The predicted octanol–water partition coefficient (Wildman–Crippen LogP) is 2.58. The number of hydrogen-bond acceptors (Lipinski definition) is 3. The van der Waals surface area contributed by atoms with Gasteiger partial charge >= 0.3 is 5.97 Å². The van der Waals surface area contributed by atoms with E-state index in [0.29, 0.717) is 0 Å². The highest BCUT2D eigenvalue weighted by atomic mass is 16.5. The fourth-order valence-electron chi connectivity index (χ4n) is 1.63. The topological polar surface area (TPSA) is 43.1 Å². The molecule has 0 saturated carbocycles. The SMILES string of the molecule is CC(C)(C)C(=O)OC[n+]1ccc(-c2ccncc2)cc1. The Bertz CT molecular complexity index is 572. The number of pyridine rings is 2. The van der Waals surface area contributed by atoms with Crippen LogP contribution in [-0.2, 0) is 16.3 Å². The first-order chi connectivity index (χ1) is 9.47. The standard InChI is InChI=1S/C16H19N2O2/c1-16(2,3)15(19)20-12-18-10-6-14(7-11-18)13-4-8-17-9-5-13/h4-11H,12H2,1-3H3/q+1. The van der Waals surface area contributed by atoms with Gasteiger partial charge < -0.3 is 4.74 Å². The number of ether oxygens (including phenoxy) is 1. The first kappa shape index (κ1) is 14.2. The Labute approximate surface area is 119 Å². The summed E-state index contributed by atoms with van der Waals surface area (Å²) in [7, 11) is 0. The van der Waals surface area contributed by atoms with Crippen LogP contribution in [0.15, 0.2) is 49.1 Å². The van der Waals surface area contributed by atoms with E-state index in [4.69, 9.17) is 4.74 Å². The van der Waals surface area contributed by atoms with Crippen molar-refractivity contribution in [1.29, 1.82) is 0 Å². The lowest BCUT2D eigenvalue weighted by atomic mass is 9.98. The molecule has 0 atom stereocenters. The molecular weight excluding hydrogens is 252 g/mol. The Morgan fingerprint density at radius 1 is 1.10 bits per heavy atom. The molecule has 2 aromatic rings. The van der Waals surface area contributed by atoms with E-state index in [2.05, 4.69) is 4.98 Å². The zero-order valence-corrected chi connectivity index (χ0v) is 12.0. The van der Waals surface area contributed by atoms with Crippen LogP contribution < -0.4 is 4.57 Å². The Hall–Kier alpha value is -2.23. The second-order valence-corrected chi connectivity index (χ2v) is 5.65. The highest BCUT2D eigenvalue weighted by molar-refractivity contribution is 5.75. The molecule has 0 aliphatic heterocycles. The maximum Gasteiger partial charge on any atom is 0.316 e. The van der Waals surface area contributed by atoms with Crippen LogP contribution in [0, 0.1) is 5.41 Å². The van der Waals surface area contributed by atoms with Gasteiger partial charge in [-0.25, -0.2) is 0 Å². The summed E-state index contributed by atoms with van der Waals surface area (Å²) in [5.74, 6) is -0.205. The molecule has 0 aliphatic rings. The monoisotopic (exact) mass is 271 g/mol. The van der Waals surface area contributed by atoms with Crippen molar-refractivity contribution in [2.45, 2.75) is 27.5 Å². The van der Waals surface area contributed by atoms with Crippen LogP contribution in [-0.4, -0.2) is 11.0 Å². The zero-order valence-electron chi connectivity index (χ0n) is 12.0. The predicted molar refractivity (Wildman–Crippen MR) is 75.4 cm³/mol. The highest BCUT2D eigenvalue weighted by Gasteiger charge is 2.23. The summed E-state index contributed by atoms with van der Waals surface area (Å²) in [5.41, 5.74) is 1.74. The second kappa shape index (κ2) is 5.82. The minimum atomic E-state index is -0.475. The minimum absolute atomic E-state index is 0.205. The van der Waals surface area contributed by atoms with Gasteiger partial charge in [0, 0.05) is 24.5 Å². The number of carbonyl (C=O) groups excluding carboxylic acids is 1. The molecule has 0 aromatic carbocycles. The molecule has 104 valence electrons. The lowest BCUT2D eigenvalue weighted by molar-refractivity contribution is -0.727. The third-order valence-electron chi connectivity index (χ3n) is 2.86. The normalized spacial score (nSPS) is 11.2. The van der Waals surface area contributed by atoms with Crippen molar-refractivity contribution in [3.63, 3.8) is 0 Å². The van der Waals surface area contributed by atoms with Crippen LogP contribution in [0.5, 0.6) is 0 Å². The van der Waals surface area contributed by atoms with Gasteiger partial charge in [-0.1, -0.05) is 0 Å². The second-order valence-electron chi connectivity index (χ2n) is 5.65. The van der Waals surface area contributed by atoms with Gasteiger partial charge in [0.15, 0.2) is 12.4 Å². The first-order valence-corrected chi connectivity index (χ1v) is 6.53. The van der Waals surface area contributed by atoms with E-state index in [1.54, 1.807) is 12.4 Å². The molecule has 0 N–H and O–H groups in total. The van der Waals surface area contributed by atoms with Crippen LogP contribution in [0.2, 0.25) is 0 Å². The molecule has 4 heteroatoms. The lowest BCUT2D eigenvalue weighted by Crippen LogP contribution is -2.37. The van der Waals surface area contributed by atoms with Gasteiger partial charge in [-0.15, -0.1) is 0 Å². The summed E-state index contributed by atoms with van der Waals surface area (Å²) >= 11 is 0. The summed E-state index contributed by atoms with van der Waals surface area (Å²) in [5, 5.41) is 0. The third kappa shape index (κ3) is 3.63. The van der Waals surface area contributed by atoms with Crippen molar-refractivity contribution >= 4 is 5.97 Å². The first-order valence-electron chi connectivity index (χ1n) is 6.53. The number of carbonyl (C=O) groups is 1. The van der Waals surface area contributed by atoms with Gasteiger partial charge in [0.2, 0.25) is 0 Å². The van der Waals surface area contributed by atoms with E-state index in [0.717, 1.165) is 11.1 Å². The van der Waals surface area contributed by atoms with E-state index in [-0.39, 0.29) is 12.7 Å². The lowest BCUT2D eigenvalue weighted by Gasteiger charge is -2.14. The van der Waals surface area contributed by atoms with Crippen molar-refractivity contribution in [2.75, 3.05) is 0 Å². The molecule has 0 spiro atoms. The Morgan fingerprint density at radius 2 is 1.65 bits per heavy atom. The number of hydrogen-bond donors (Lipinski definition) is 0. The molecule has 0 amide bonds. The van der Waals surface area contributed by atoms with E-state index in [9.17, 15) is 4.79 Å². The van der Waals surface area contributed by atoms with Gasteiger partial charge in [0.05, 0.1) is 5.41 Å². The number of aromatic nitrogens is 2. The molecule has 20 heavy (non-hydrogen) atoms. The molecule has 2 aromatic heterocycles. The van der Waals surface area contributed by atoms with Gasteiger partial charge in [0.1, 0.15) is 0 Å². The van der Waals surface area contributed by atoms with Crippen molar-refractivity contribution in [2.24, 2.45) is 5.41 Å². The van der Waals surface area contributed by atoms with Crippen LogP contribution in [0.25, 0.3) is 11.1 Å². The van der Waals surface area contributed by atoms with E-state index >= 15 is 0 Å². The average Bonchev–Trinajstić information content (AvgIpc) is 2.45. The third-order valence-corrected chi connectivity index (χ3v) is 2.86. The van der Waals surface area contributed by atoms with Gasteiger partial charge in [-0.2, -0.15) is 4.57 Å². The zero-order chi connectivity index (χ0) is 14.6. The molecule has 2 rings (SSSR count). The molecule has 0 radical (unpaired) electrons. The fraction of sp³-hybridized carbons (Fsp3) is 0.312. The molecular formula is C16H19N2O2+. The molecule has 0 saturated heterocycles. The van der Waals surface area contributed by atoms with Crippen LogP contribution in [0.4, 0.5) is 0 Å². The fourth-order valence-corrected chi connectivity index (χ4v) is 1.63. The van der Waals surface area contributed by atoms with E-state index in [1.807, 2.05) is 62.0 Å². The number of nitrogens with zero attached hydrogens (tertiary/aromatic N) is 2. The average molecular weight is 271 g/mol. The summed E-state index contributed by atoms with van der Waals surface area (Å²) in [4.78, 5) is 15.7. The highest BCUT2D eigenvalue weighted by Crippen LogP contribution is 2.16. The summed E-state index contributed by atoms with van der Waals surface area (Å²) < 4.78 is 7.08. The van der Waals surface area contributed by atoms with Crippen LogP contribution in [0.3, 0.4) is 0 Å². The van der Waals surface area contributed by atoms with Crippen LogP contribution in [0.1, 0.15) is 20.8 Å². The largest absolute Gasteiger partial charge is 0.404 e. The number of esters is 1. The van der Waals surface area contributed by atoms with Crippen molar-refractivity contribution in [3.8, 4) is 11.1 Å². The molecule has 0 aliphatic carbocycles. The summed E-state index contributed by atoms with van der Waals surface area (Å²) in [6.45, 7) is 5.75. The van der Waals surface area contributed by atoms with E-state index in [1.165, 1.54) is 0 Å². The van der Waals surface area contributed by atoms with E-state index < -0.39 is 5.41 Å². The van der Waals surface area contributed by atoms with Crippen molar-refractivity contribution in [1.82, 2.24) is 4.98 Å². The smallest absolute Gasteiger partial charge is 0.316 e. The Balaban J connectivity index is 2.01. The maximum absolute atomic E-state index is 11.7. The Morgan fingerprint density at radius 3 is 2.20 bits per heavy atom. The molecule has 4 nitrogen and oxygen atoms in total.